The lowest BCUT2D eigenvalue weighted by Gasteiger charge is -2.18. The molecule has 5 nitrogen and oxygen atoms in total. The number of nitrogens with one attached hydrogen (secondary N) is 2. The van der Waals surface area contributed by atoms with Crippen molar-refractivity contribution in [2.75, 3.05) is 10.6 Å². The third kappa shape index (κ3) is 3.81. The normalized spacial score (nSPS) is 12.9. The zero-order valence-electron chi connectivity index (χ0n) is 11.3. The summed E-state index contributed by atoms with van der Waals surface area (Å²) in [6.45, 7) is 4.80. The first-order valence-electron chi connectivity index (χ1n) is 6.01. The van der Waals surface area contributed by atoms with E-state index in [1.807, 2.05) is 6.07 Å². The SMILES string of the molecule is CCC(C)(C#N)C(=O)Nc1cccc(NC(C)=O)c1. The summed E-state index contributed by atoms with van der Waals surface area (Å²) in [7, 11) is 0. The van der Waals surface area contributed by atoms with Gasteiger partial charge in [0.25, 0.3) is 0 Å². The molecule has 2 amide bonds. The van der Waals surface area contributed by atoms with Crippen molar-refractivity contribution in [1.82, 2.24) is 0 Å². The highest BCUT2D eigenvalue weighted by Gasteiger charge is 2.31. The van der Waals surface area contributed by atoms with Gasteiger partial charge < -0.3 is 10.6 Å². The minimum atomic E-state index is -1.05. The second-order valence-corrected chi connectivity index (χ2v) is 4.51. The van der Waals surface area contributed by atoms with Gasteiger partial charge in [-0.1, -0.05) is 13.0 Å². The number of hydrogen-bond acceptors (Lipinski definition) is 3. The summed E-state index contributed by atoms with van der Waals surface area (Å²) in [5, 5.41) is 14.4. The minimum absolute atomic E-state index is 0.182. The van der Waals surface area contributed by atoms with Crippen molar-refractivity contribution in [3.8, 4) is 6.07 Å². The Labute approximate surface area is 112 Å². The van der Waals surface area contributed by atoms with E-state index in [2.05, 4.69) is 10.6 Å². The van der Waals surface area contributed by atoms with Gasteiger partial charge in [0.05, 0.1) is 6.07 Å². The van der Waals surface area contributed by atoms with E-state index in [0.717, 1.165) is 0 Å². The van der Waals surface area contributed by atoms with Crippen LogP contribution in [0, 0.1) is 16.7 Å². The number of nitrogens with zero attached hydrogens (tertiary/aromatic N) is 1. The smallest absolute Gasteiger partial charge is 0.244 e. The van der Waals surface area contributed by atoms with Crippen molar-refractivity contribution < 1.29 is 9.59 Å². The largest absolute Gasteiger partial charge is 0.326 e. The van der Waals surface area contributed by atoms with Crippen LogP contribution in [0.15, 0.2) is 24.3 Å². The van der Waals surface area contributed by atoms with Crippen molar-refractivity contribution in [3.05, 3.63) is 24.3 Å². The quantitative estimate of drug-likeness (QED) is 0.871. The maximum Gasteiger partial charge on any atom is 0.244 e. The molecule has 0 aliphatic rings. The lowest BCUT2D eigenvalue weighted by Crippen LogP contribution is -2.31. The van der Waals surface area contributed by atoms with Crippen molar-refractivity contribution in [3.63, 3.8) is 0 Å². The third-order valence-electron chi connectivity index (χ3n) is 2.90. The maximum absolute atomic E-state index is 12.0. The van der Waals surface area contributed by atoms with Gasteiger partial charge >= 0.3 is 0 Å². The average molecular weight is 259 g/mol. The fourth-order valence-electron chi connectivity index (χ4n) is 1.44. The van der Waals surface area contributed by atoms with Crippen molar-refractivity contribution in [1.29, 1.82) is 5.26 Å². The van der Waals surface area contributed by atoms with Crippen LogP contribution < -0.4 is 10.6 Å². The first-order valence-corrected chi connectivity index (χ1v) is 6.01. The van der Waals surface area contributed by atoms with E-state index in [4.69, 9.17) is 5.26 Å². The molecule has 100 valence electrons. The van der Waals surface area contributed by atoms with Gasteiger partial charge in [-0.15, -0.1) is 0 Å². The Bertz CT molecular complexity index is 534. The maximum atomic E-state index is 12.0. The number of amides is 2. The van der Waals surface area contributed by atoms with Gasteiger partial charge in [-0.25, -0.2) is 0 Å². The van der Waals surface area contributed by atoms with Crippen LogP contribution in [0.1, 0.15) is 27.2 Å². The average Bonchev–Trinajstić information content (AvgIpc) is 2.37. The zero-order valence-corrected chi connectivity index (χ0v) is 11.3. The number of rotatable bonds is 4. The number of carbonyl (C=O) groups excluding carboxylic acids is 2. The molecule has 19 heavy (non-hydrogen) atoms. The molecule has 1 atom stereocenters. The lowest BCUT2D eigenvalue weighted by molar-refractivity contribution is -0.122. The van der Waals surface area contributed by atoms with E-state index >= 15 is 0 Å². The molecule has 0 bridgehead atoms. The van der Waals surface area contributed by atoms with Gasteiger partial charge in [0.2, 0.25) is 11.8 Å². The highest BCUT2D eigenvalue weighted by atomic mass is 16.2. The van der Waals surface area contributed by atoms with E-state index in [9.17, 15) is 9.59 Å². The zero-order chi connectivity index (χ0) is 14.5. The molecule has 1 unspecified atom stereocenters. The monoisotopic (exact) mass is 259 g/mol. The van der Waals surface area contributed by atoms with Crippen LogP contribution >= 0.6 is 0 Å². The molecule has 0 aliphatic heterocycles. The van der Waals surface area contributed by atoms with E-state index in [0.29, 0.717) is 17.8 Å². The van der Waals surface area contributed by atoms with E-state index < -0.39 is 5.41 Å². The summed E-state index contributed by atoms with van der Waals surface area (Å²) in [4.78, 5) is 23.0. The Morgan fingerprint density at radius 3 is 2.37 bits per heavy atom. The Hall–Kier alpha value is -2.35. The molecule has 0 aliphatic carbocycles. The first-order chi connectivity index (χ1) is 8.91. The molecule has 1 aromatic rings. The van der Waals surface area contributed by atoms with Crippen LogP contribution in [0.25, 0.3) is 0 Å². The molecule has 0 radical (unpaired) electrons. The first kappa shape index (κ1) is 14.7. The summed E-state index contributed by atoms with van der Waals surface area (Å²) in [5.41, 5.74) is 0.0935. The Morgan fingerprint density at radius 1 is 1.32 bits per heavy atom. The predicted molar refractivity (Wildman–Crippen MR) is 73.4 cm³/mol. The predicted octanol–water partition coefficient (Wildman–Crippen LogP) is 2.52. The fraction of sp³-hybridized carbons (Fsp3) is 0.357. The van der Waals surface area contributed by atoms with Crippen molar-refractivity contribution in [2.24, 2.45) is 5.41 Å². The van der Waals surface area contributed by atoms with E-state index in [1.54, 1.807) is 38.1 Å². The van der Waals surface area contributed by atoms with Gasteiger partial charge in [0, 0.05) is 18.3 Å². The van der Waals surface area contributed by atoms with E-state index in [1.165, 1.54) is 6.92 Å². The second-order valence-electron chi connectivity index (χ2n) is 4.51. The van der Waals surface area contributed by atoms with Crippen molar-refractivity contribution >= 4 is 23.2 Å². The van der Waals surface area contributed by atoms with Crippen LogP contribution in [0.3, 0.4) is 0 Å². The molecule has 1 aromatic carbocycles. The third-order valence-corrected chi connectivity index (χ3v) is 2.90. The Balaban J connectivity index is 2.86. The van der Waals surface area contributed by atoms with Crippen LogP contribution in [0.2, 0.25) is 0 Å². The van der Waals surface area contributed by atoms with Gasteiger partial charge in [-0.2, -0.15) is 5.26 Å². The van der Waals surface area contributed by atoms with Crippen LogP contribution in [-0.2, 0) is 9.59 Å². The number of anilines is 2. The molecule has 5 heteroatoms. The number of benzene rings is 1. The minimum Gasteiger partial charge on any atom is -0.326 e. The summed E-state index contributed by atoms with van der Waals surface area (Å²) in [5.74, 6) is -0.531. The van der Waals surface area contributed by atoms with Gasteiger partial charge in [0.15, 0.2) is 0 Å². The van der Waals surface area contributed by atoms with Crippen LogP contribution in [0.5, 0.6) is 0 Å². The van der Waals surface area contributed by atoms with Gasteiger partial charge in [-0.05, 0) is 31.5 Å². The summed E-state index contributed by atoms with van der Waals surface area (Å²) >= 11 is 0. The highest BCUT2D eigenvalue weighted by Crippen LogP contribution is 2.23. The Kier molecular flexibility index (Phi) is 4.65. The van der Waals surface area contributed by atoms with Crippen LogP contribution in [-0.4, -0.2) is 11.8 Å². The standard InChI is InChI=1S/C14H17N3O2/c1-4-14(3,9-15)13(19)17-12-7-5-6-11(8-12)16-10(2)18/h5-8H,4H2,1-3H3,(H,16,18)(H,17,19). The van der Waals surface area contributed by atoms with Gasteiger partial charge in [0.1, 0.15) is 5.41 Å². The lowest BCUT2D eigenvalue weighted by atomic mass is 9.88. The molecule has 0 saturated heterocycles. The van der Waals surface area contributed by atoms with Gasteiger partial charge in [-0.3, -0.25) is 9.59 Å². The summed E-state index contributed by atoms with van der Waals surface area (Å²) in [6, 6.07) is 8.81. The molecule has 2 N–H and O–H groups in total. The summed E-state index contributed by atoms with van der Waals surface area (Å²) < 4.78 is 0. The van der Waals surface area contributed by atoms with E-state index in [-0.39, 0.29) is 11.8 Å². The van der Waals surface area contributed by atoms with Crippen molar-refractivity contribution in [2.45, 2.75) is 27.2 Å². The number of carbonyl (C=O) groups is 2. The fourth-order valence-corrected chi connectivity index (χ4v) is 1.44. The molecular weight excluding hydrogens is 242 g/mol. The highest BCUT2D eigenvalue weighted by molar-refractivity contribution is 5.97. The van der Waals surface area contributed by atoms with Crippen LogP contribution in [0.4, 0.5) is 11.4 Å². The second kappa shape index (κ2) is 6.01. The number of hydrogen-bond donors (Lipinski definition) is 2. The molecule has 0 aromatic heterocycles. The Morgan fingerprint density at radius 2 is 1.89 bits per heavy atom. The molecule has 0 saturated carbocycles. The summed E-state index contributed by atoms with van der Waals surface area (Å²) in [6.07, 6.45) is 0.431. The topological polar surface area (TPSA) is 82.0 Å². The number of nitriles is 1. The molecular formula is C14H17N3O2. The molecule has 0 spiro atoms. The molecule has 0 heterocycles. The molecule has 0 fully saturated rings. The molecule has 1 rings (SSSR count).